The molecule has 0 radical (unpaired) electrons. The Labute approximate surface area is 134 Å². The van der Waals surface area contributed by atoms with Gasteiger partial charge in [-0.1, -0.05) is 18.2 Å². The van der Waals surface area contributed by atoms with Crippen molar-refractivity contribution in [3.63, 3.8) is 0 Å². The van der Waals surface area contributed by atoms with Gasteiger partial charge in [-0.2, -0.15) is 0 Å². The lowest BCUT2D eigenvalue weighted by Crippen LogP contribution is -2.19. The summed E-state index contributed by atoms with van der Waals surface area (Å²) in [4.78, 5) is 0. The van der Waals surface area contributed by atoms with Gasteiger partial charge in [0.05, 0.1) is 22.1 Å². The molecule has 0 aliphatic heterocycles. The first-order chi connectivity index (χ1) is 9.58. The van der Waals surface area contributed by atoms with Crippen molar-refractivity contribution in [3.8, 4) is 5.75 Å². The maximum atomic E-state index is 14.2. The van der Waals surface area contributed by atoms with Gasteiger partial charge in [-0.3, -0.25) is 0 Å². The molecule has 0 heterocycles. The standard InChI is InChI=1S/C15H14Br2FNO/c1-19-15(10-4-3-5-11(16)14(10)18)9-6-7-13(20-2)12(17)8-9/h3-8,15,19H,1-2H3. The second-order valence-corrected chi connectivity index (χ2v) is 5.97. The molecule has 2 aromatic carbocycles. The molecule has 0 saturated carbocycles. The van der Waals surface area contributed by atoms with Gasteiger partial charge in [-0.15, -0.1) is 0 Å². The predicted octanol–water partition coefficient (Wildman–Crippen LogP) is 4.67. The Balaban J connectivity index is 2.47. The summed E-state index contributed by atoms with van der Waals surface area (Å²) < 4.78 is 20.8. The molecule has 20 heavy (non-hydrogen) atoms. The van der Waals surface area contributed by atoms with Gasteiger partial charge in [-0.25, -0.2) is 4.39 Å². The molecule has 2 nitrogen and oxygen atoms in total. The number of methoxy groups -OCH3 is 1. The monoisotopic (exact) mass is 401 g/mol. The molecule has 1 atom stereocenters. The van der Waals surface area contributed by atoms with Crippen LogP contribution in [0.15, 0.2) is 45.3 Å². The van der Waals surface area contributed by atoms with Crippen molar-refractivity contribution in [2.45, 2.75) is 6.04 Å². The topological polar surface area (TPSA) is 21.3 Å². The molecule has 0 amide bonds. The van der Waals surface area contributed by atoms with Crippen molar-refractivity contribution in [1.29, 1.82) is 0 Å². The summed E-state index contributed by atoms with van der Waals surface area (Å²) in [7, 11) is 3.42. The fourth-order valence-electron chi connectivity index (χ4n) is 2.11. The van der Waals surface area contributed by atoms with Crippen LogP contribution in [0, 0.1) is 5.82 Å². The van der Waals surface area contributed by atoms with E-state index in [0.29, 0.717) is 10.0 Å². The van der Waals surface area contributed by atoms with Gasteiger partial charge in [0.15, 0.2) is 0 Å². The third-order valence-corrected chi connectivity index (χ3v) is 4.32. The summed E-state index contributed by atoms with van der Waals surface area (Å²) in [5, 5.41) is 3.14. The van der Waals surface area contributed by atoms with Crippen molar-refractivity contribution in [1.82, 2.24) is 5.32 Å². The summed E-state index contributed by atoms with van der Waals surface area (Å²) in [6.45, 7) is 0. The number of hydrogen-bond acceptors (Lipinski definition) is 2. The number of ether oxygens (including phenoxy) is 1. The zero-order valence-corrected chi connectivity index (χ0v) is 14.3. The van der Waals surface area contributed by atoms with Gasteiger partial charge in [0, 0.05) is 5.56 Å². The second kappa shape index (κ2) is 6.70. The quantitative estimate of drug-likeness (QED) is 0.802. The maximum absolute atomic E-state index is 14.2. The van der Waals surface area contributed by atoms with E-state index in [2.05, 4.69) is 37.2 Å². The fourth-order valence-corrected chi connectivity index (χ4v) is 3.05. The van der Waals surface area contributed by atoms with Gasteiger partial charge in [0.1, 0.15) is 11.6 Å². The predicted molar refractivity (Wildman–Crippen MR) is 85.7 cm³/mol. The van der Waals surface area contributed by atoms with E-state index in [4.69, 9.17) is 4.74 Å². The smallest absolute Gasteiger partial charge is 0.142 e. The molecule has 106 valence electrons. The number of nitrogens with one attached hydrogen (secondary N) is 1. The SMILES string of the molecule is CNC(c1ccc(OC)c(Br)c1)c1cccc(Br)c1F. The van der Waals surface area contributed by atoms with Crippen LogP contribution < -0.4 is 10.1 Å². The molecule has 5 heteroatoms. The average molecular weight is 403 g/mol. The summed E-state index contributed by atoms with van der Waals surface area (Å²) in [6.07, 6.45) is 0. The van der Waals surface area contributed by atoms with Crippen LogP contribution in [0.2, 0.25) is 0 Å². The van der Waals surface area contributed by atoms with Crippen LogP contribution in [-0.2, 0) is 0 Å². The minimum absolute atomic E-state index is 0.227. The minimum Gasteiger partial charge on any atom is -0.496 e. The Morgan fingerprint density at radius 2 is 1.90 bits per heavy atom. The zero-order chi connectivity index (χ0) is 14.7. The summed E-state index contributed by atoms with van der Waals surface area (Å²) in [5.74, 6) is 0.497. The molecule has 0 saturated heterocycles. The third-order valence-electron chi connectivity index (χ3n) is 3.09. The van der Waals surface area contributed by atoms with Crippen molar-refractivity contribution < 1.29 is 9.13 Å². The van der Waals surface area contributed by atoms with Crippen LogP contribution in [0.3, 0.4) is 0 Å². The first kappa shape index (κ1) is 15.5. The van der Waals surface area contributed by atoms with E-state index in [1.165, 1.54) is 0 Å². The molecule has 0 aliphatic carbocycles. The van der Waals surface area contributed by atoms with E-state index in [1.54, 1.807) is 19.2 Å². The number of hydrogen-bond donors (Lipinski definition) is 1. The van der Waals surface area contributed by atoms with Crippen LogP contribution in [-0.4, -0.2) is 14.2 Å². The van der Waals surface area contributed by atoms with E-state index < -0.39 is 0 Å². The third kappa shape index (κ3) is 3.05. The van der Waals surface area contributed by atoms with Crippen LogP contribution in [0.5, 0.6) is 5.75 Å². The molecule has 0 bridgehead atoms. The van der Waals surface area contributed by atoms with Crippen molar-refractivity contribution in [2.75, 3.05) is 14.2 Å². The molecule has 1 unspecified atom stereocenters. The first-order valence-corrected chi connectivity index (χ1v) is 7.61. The lowest BCUT2D eigenvalue weighted by Gasteiger charge is -2.19. The highest BCUT2D eigenvalue weighted by atomic mass is 79.9. The normalized spacial score (nSPS) is 12.2. The van der Waals surface area contributed by atoms with Crippen LogP contribution in [0.25, 0.3) is 0 Å². The number of benzene rings is 2. The molecule has 2 aromatic rings. The summed E-state index contributed by atoms with van der Waals surface area (Å²) in [6, 6.07) is 10.8. The van der Waals surface area contributed by atoms with Crippen LogP contribution in [0.4, 0.5) is 4.39 Å². The van der Waals surface area contributed by atoms with Gasteiger partial charge < -0.3 is 10.1 Å². The lowest BCUT2D eigenvalue weighted by molar-refractivity contribution is 0.412. The Morgan fingerprint density at radius 3 is 2.50 bits per heavy atom. The molecule has 1 N–H and O–H groups in total. The van der Waals surface area contributed by atoms with Crippen molar-refractivity contribution in [2.24, 2.45) is 0 Å². The van der Waals surface area contributed by atoms with Crippen molar-refractivity contribution >= 4 is 31.9 Å². The van der Waals surface area contributed by atoms with E-state index >= 15 is 0 Å². The van der Waals surface area contributed by atoms with Crippen LogP contribution in [0.1, 0.15) is 17.2 Å². The molecule has 0 spiro atoms. The molecular weight excluding hydrogens is 389 g/mol. The summed E-state index contributed by atoms with van der Waals surface area (Å²) >= 11 is 6.68. The van der Waals surface area contributed by atoms with E-state index in [-0.39, 0.29) is 11.9 Å². The lowest BCUT2D eigenvalue weighted by atomic mass is 9.98. The van der Waals surface area contributed by atoms with Gasteiger partial charge in [0.25, 0.3) is 0 Å². The van der Waals surface area contributed by atoms with Crippen molar-refractivity contribution in [3.05, 3.63) is 62.3 Å². The highest BCUT2D eigenvalue weighted by molar-refractivity contribution is 9.10. The number of halogens is 3. The zero-order valence-electron chi connectivity index (χ0n) is 11.1. The second-order valence-electron chi connectivity index (χ2n) is 4.26. The highest BCUT2D eigenvalue weighted by Gasteiger charge is 2.18. The first-order valence-electron chi connectivity index (χ1n) is 6.03. The van der Waals surface area contributed by atoms with E-state index in [1.807, 2.05) is 31.3 Å². The number of rotatable bonds is 4. The maximum Gasteiger partial charge on any atom is 0.142 e. The van der Waals surface area contributed by atoms with Gasteiger partial charge >= 0.3 is 0 Å². The molecule has 0 aromatic heterocycles. The Hall–Kier alpha value is -0.910. The van der Waals surface area contributed by atoms with Gasteiger partial charge in [-0.05, 0) is 62.7 Å². The molecule has 0 fully saturated rings. The Morgan fingerprint density at radius 1 is 1.15 bits per heavy atom. The van der Waals surface area contributed by atoms with E-state index in [9.17, 15) is 4.39 Å². The minimum atomic E-state index is -0.251. The highest BCUT2D eigenvalue weighted by Crippen LogP contribution is 2.32. The van der Waals surface area contributed by atoms with E-state index in [0.717, 1.165) is 15.8 Å². The summed E-state index contributed by atoms with van der Waals surface area (Å²) in [5.41, 5.74) is 1.55. The molecular formula is C15H14Br2FNO. The molecule has 0 aliphatic rings. The molecule has 2 rings (SSSR count). The Kier molecular flexibility index (Phi) is 5.18. The average Bonchev–Trinajstić information content (AvgIpc) is 2.44. The van der Waals surface area contributed by atoms with Gasteiger partial charge in [0.2, 0.25) is 0 Å². The fraction of sp³-hybridized carbons (Fsp3) is 0.200. The largest absolute Gasteiger partial charge is 0.496 e. The van der Waals surface area contributed by atoms with Crippen LogP contribution >= 0.6 is 31.9 Å². The Bertz CT molecular complexity index is 619.